The summed E-state index contributed by atoms with van der Waals surface area (Å²) >= 11 is 1.64. The second-order valence-corrected chi connectivity index (χ2v) is 9.03. The van der Waals surface area contributed by atoms with Gasteiger partial charge in [0.1, 0.15) is 5.01 Å². The first-order valence-corrected chi connectivity index (χ1v) is 11.9. The van der Waals surface area contributed by atoms with Gasteiger partial charge in [0.25, 0.3) is 0 Å². The van der Waals surface area contributed by atoms with Crippen LogP contribution in [0.3, 0.4) is 0 Å². The third kappa shape index (κ3) is 5.19. The Morgan fingerprint density at radius 1 is 1.23 bits per heavy atom. The monoisotopic (exact) mass is 425 g/mol. The quantitative estimate of drug-likeness (QED) is 0.547. The Balaban J connectivity index is 1.33. The normalized spacial score (nSPS) is 20.0. The number of nitrogens with zero attached hydrogens (tertiary/aromatic N) is 3. The molecule has 1 atom stereocenters. The van der Waals surface area contributed by atoms with Crippen molar-refractivity contribution in [1.29, 1.82) is 0 Å². The molecule has 30 heavy (non-hydrogen) atoms. The highest BCUT2D eigenvalue weighted by Gasteiger charge is 2.32. The van der Waals surface area contributed by atoms with Crippen LogP contribution < -0.4 is 10.6 Å². The summed E-state index contributed by atoms with van der Waals surface area (Å²) < 4.78 is 0. The van der Waals surface area contributed by atoms with Gasteiger partial charge in [0, 0.05) is 42.5 Å². The molecule has 6 nitrogen and oxygen atoms in total. The van der Waals surface area contributed by atoms with Gasteiger partial charge in [-0.25, -0.2) is 9.98 Å². The van der Waals surface area contributed by atoms with Crippen molar-refractivity contribution in [2.75, 3.05) is 19.6 Å². The van der Waals surface area contributed by atoms with Gasteiger partial charge in [-0.15, -0.1) is 11.3 Å². The van der Waals surface area contributed by atoms with Crippen LogP contribution in [0.1, 0.15) is 44.0 Å². The molecule has 7 heteroatoms. The average molecular weight is 426 g/mol. The van der Waals surface area contributed by atoms with Crippen LogP contribution in [0.5, 0.6) is 0 Å². The molecule has 1 saturated carbocycles. The smallest absolute Gasteiger partial charge is 0.225 e. The van der Waals surface area contributed by atoms with Gasteiger partial charge in [-0.1, -0.05) is 43.2 Å². The van der Waals surface area contributed by atoms with Gasteiger partial charge in [-0.2, -0.15) is 0 Å². The van der Waals surface area contributed by atoms with E-state index in [-0.39, 0.29) is 12.0 Å². The van der Waals surface area contributed by atoms with E-state index in [0.29, 0.717) is 12.5 Å². The molecule has 0 radical (unpaired) electrons. The van der Waals surface area contributed by atoms with E-state index in [0.717, 1.165) is 61.1 Å². The van der Waals surface area contributed by atoms with Crippen molar-refractivity contribution in [2.24, 2.45) is 10.9 Å². The lowest BCUT2D eigenvalue weighted by molar-refractivity contribution is -0.134. The number of aromatic nitrogens is 1. The first kappa shape index (κ1) is 20.8. The van der Waals surface area contributed by atoms with Crippen molar-refractivity contribution in [3.05, 3.63) is 40.7 Å². The maximum atomic E-state index is 12.7. The lowest BCUT2D eigenvalue weighted by Gasteiger charge is -2.21. The number of likely N-dealkylation sites (tertiary alicyclic amines) is 1. The molecule has 1 unspecified atom stereocenters. The van der Waals surface area contributed by atoms with E-state index >= 15 is 0 Å². The minimum Gasteiger partial charge on any atom is -0.357 e. The fourth-order valence-electron chi connectivity index (χ4n) is 4.29. The SMILES string of the molecule is CCNC(=NCc1nc(-c2ccccc2)cs1)NC1CCN(C(=O)C2CCCC2)C1. The topological polar surface area (TPSA) is 69.6 Å². The van der Waals surface area contributed by atoms with Crippen LogP contribution in [0.25, 0.3) is 11.3 Å². The standard InChI is InChI=1S/C23H31N5OS/c1-2-24-23(25-14-21-27-20(16-30-21)17-8-4-3-5-9-17)26-19-12-13-28(15-19)22(29)18-10-6-7-11-18/h3-5,8-9,16,18-19H,2,6-7,10-15H2,1H3,(H2,24,25,26). The first-order valence-electron chi connectivity index (χ1n) is 11.1. The molecule has 1 aromatic carbocycles. The summed E-state index contributed by atoms with van der Waals surface area (Å²) in [5, 5.41) is 9.94. The number of benzene rings is 1. The highest BCUT2D eigenvalue weighted by Crippen LogP contribution is 2.28. The summed E-state index contributed by atoms with van der Waals surface area (Å²) in [4.78, 5) is 24.2. The zero-order valence-corrected chi connectivity index (χ0v) is 18.5. The van der Waals surface area contributed by atoms with Crippen LogP contribution >= 0.6 is 11.3 Å². The molecule has 0 bridgehead atoms. The predicted molar refractivity (Wildman–Crippen MR) is 122 cm³/mol. The van der Waals surface area contributed by atoms with Gasteiger partial charge >= 0.3 is 0 Å². The molecule has 1 aliphatic heterocycles. The lowest BCUT2D eigenvalue weighted by atomic mass is 10.1. The van der Waals surface area contributed by atoms with Crippen molar-refractivity contribution in [2.45, 2.75) is 51.6 Å². The molecule has 160 valence electrons. The van der Waals surface area contributed by atoms with E-state index in [1.807, 2.05) is 23.1 Å². The van der Waals surface area contributed by atoms with Crippen LogP contribution in [0.15, 0.2) is 40.7 Å². The third-order valence-electron chi connectivity index (χ3n) is 5.88. The Kier molecular flexibility index (Phi) is 7.00. The molecular formula is C23H31N5OS. The van der Waals surface area contributed by atoms with E-state index in [9.17, 15) is 4.79 Å². The number of guanidine groups is 1. The molecule has 1 aliphatic carbocycles. The van der Waals surface area contributed by atoms with Gasteiger partial charge in [-0.05, 0) is 26.2 Å². The zero-order chi connectivity index (χ0) is 20.8. The number of aliphatic imine (C=N–C) groups is 1. The number of nitrogens with one attached hydrogen (secondary N) is 2. The molecule has 2 fully saturated rings. The van der Waals surface area contributed by atoms with Crippen molar-refractivity contribution in [1.82, 2.24) is 20.5 Å². The van der Waals surface area contributed by atoms with Crippen LogP contribution in [-0.2, 0) is 11.3 Å². The van der Waals surface area contributed by atoms with Crippen LogP contribution in [-0.4, -0.2) is 47.4 Å². The molecular weight excluding hydrogens is 394 g/mol. The summed E-state index contributed by atoms with van der Waals surface area (Å²) in [5.41, 5.74) is 2.13. The van der Waals surface area contributed by atoms with E-state index in [2.05, 4.69) is 35.1 Å². The Morgan fingerprint density at radius 3 is 2.80 bits per heavy atom. The number of rotatable bonds is 6. The Hall–Kier alpha value is -2.41. The largest absolute Gasteiger partial charge is 0.357 e. The Labute approximate surface area is 182 Å². The molecule has 0 spiro atoms. The summed E-state index contributed by atoms with van der Waals surface area (Å²) in [5.74, 6) is 1.42. The minimum absolute atomic E-state index is 0.254. The second kappa shape index (κ2) is 10.1. The van der Waals surface area contributed by atoms with Crippen LogP contribution in [0.4, 0.5) is 0 Å². The van der Waals surface area contributed by atoms with Crippen molar-refractivity contribution < 1.29 is 4.79 Å². The number of amides is 1. The van der Waals surface area contributed by atoms with Gasteiger partial charge < -0.3 is 15.5 Å². The number of carbonyl (C=O) groups excluding carboxylic acids is 1. The summed E-state index contributed by atoms with van der Waals surface area (Å²) in [6.07, 6.45) is 5.50. The molecule has 1 aromatic heterocycles. The molecule has 2 aliphatic rings. The molecule has 4 rings (SSSR count). The Morgan fingerprint density at radius 2 is 2.03 bits per heavy atom. The number of carbonyl (C=O) groups is 1. The summed E-state index contributed by atoms with van der Waals surface area (Å²) in [6, 6.07) is 10.5. The van der Waals surface area contributed by atoms with E-state index in [4.69, 9.17) is 9.98 Å². The number of hydrogen-bond acceptors (Lipinski definition) is 4. The third-order valence-corrected chi connectivity index (χ3v) is 6.72. The van der Waals surface area contributed by atoms with Gasteiger partial charge in [0.2, 0.25) is 5.91 Å². The molecule has 2 N–H and O–H groups in total. The first-order chi connectivity index (χ1) is 14.7. The molecule has 2 aromatic rings. The number of hydrogen-bond donors (Lipinski definition) is 2. The fourth-order valence-corrected chi connectivity index (χ4v) is 5.02. The second-order valence-electron chi connectivity index (χ2n) is 8.08. The van der Waals surface area contributed by atoms with Crippen molar-refractivity contribution >= 4 is 23.2 Å². The van der Waals surface area contributed by atoms with Gasteiger partial charge in [-0.3, -0.25) is 4.79 Å². The summed E-state index contributed by atoms with van der Waals surface area (Å²) in [6.45, 7) is 5.04. The van der Waals surface area contributed by atoms with Crippen LogP contribution in [0, 0.1) is 5.92 Å². The van der Waals surface area contributed by atoms with Gasteiger partial charge in [0.15, 0.2) is 5.96 Å². The van der Waals surface area contributed by atoms with Crippen LogP contribution in [0.2, 0.25) is 0 Å². The fraction of sp³-hybridized carbons (Fsp3) is 0.522. The predicted octanol–water partition coefficient (Wildman–Crippen LogP) is 3.66. The lowest BCUT2D eigenvalue weighted by Crippen LogP contribution is -2.45. The maximum Gasteiger partial charge on any atom is 0.225 e. The van der Waals surface area contributed by atoms with Crippen molar-refractivity contribution in [3.63, 3.8) is 0 Å². The highest BCUT2D eigenvalue weighted by molar-refractivity contribution is 7.09. The molecule has 2 heterocycles. The highest BCUT2D eigenvalue weighted by atomic mass is 32.1. The Bertz CT molecular complexity index is 859. The van der Waals surface area contributed by atoms with E-state index < -0.39 is 0 Å². The molecule has 1 saturated heterocycles. The molecule has 1 amide bonds. The maximum absolute atomic E-state index is 12.7. The van der Waals surface area contributed by atoms with E-state index in [1.165, 1.54) is 12.8 Å². The van der Waals surface area contributed by atoms with Crippen molar-refractivity contribution in [3.8, 4) is 11.3 Å². The number of thiazole rings is 1. The van der Waals surface area contributed by atoms with Gasteiger partial charge in [0.05, 0.1) is 12.2 Å². The summed E-state index contributed by atoms with van der Waals surface area (Å²) in [7, 11) is 0. The minimum atomic E-state index is 0.254. The van der Waals surface area contributed by atoms with E-state index in [1.54, 1.807) is 11.3 Å². The average Bonchev–Trinajstić information content (AvgIpc) is 3.54. The zero-order valence-electron chi connectivity index (χ0n) is 17.6.